The summed E-state index contributed by atoms with van der Waals surface area (Å²) in [7, 11) is 6.24. The Morgan fingerprint density at radius 3 is 2.33 bits per heavy atom. The van der Waals surface area contributed by atoms with E-state index in [1.165, 1.54) is 0 Å². The summed E-state index contributed by atoms with van der Waals surface area (Å²) in [4.78, 5) is 13.4. The number of nitrogens with one attached hydrogen (secondary N) is 1. The maximum atomic E-state index is 4.63. The first-order valence-electron chi connectivity index (χ1n) is 7.62. The van der Waals surface area contributed by atoms with E-state index < -0.39 is 0 Å². The molecule has 5 nitrogen and oxygen atoms in total. The summed E-state index contributed by atoms with van der Waals surface area (Å²) in [5, 5.41) is 3.48. The summed E-state index contributed by atoms with van der Waals surface area (Å²) in [6, 6.07) is 0. The Morgan fingerprint density at radius 1 is 1.14 bits per heavy atom. The van der Waals surface area contributed by atoms with Crippen LogP contribution in [0.3, 0.4) is 0 Å². The van der Waals surface area contributed by atoms with Crippen molar-refractivity contribution < 1.29 is 0 Å². The zero-order chi connectivity index (χ0) is 16.0. The van der Waals surface area contributed by atoms with E-state index in [0.29, 0.717) is 0 Å². The number of hydrogen-bond acceptors (Lipinski definition) is 5. The fourth-order valence-corrected chi connectivity index (χ4v) is 1.92. The molecule has 21 heavy (non-hydrogen) atoms. The molecule has 0 spiro atoms. The molecule has 0 aromatic carbocycles. The lowest BCUT2D eigenvalue weighted by Crippen LogP contribution is -2.35. The normalized spacial score (nSPS) is 12.0. The van der Waals surface area contributed by atoms with Gasteiger partial charge in [0.15, 0.2) is 0 Å². The van der Waals surface area contributed by atoms with Gasteiger partial charge in [0, 0.05) is 43.1 Å². The molecule has 0 unspecified atom stereocenters. The minimum absolute atomic E-state index is 0.105. The number of anilines is 1. The van der Waals surface area contributed by atoms with Gasteiger partial charge >= 0.3 is 0 Å². The van der Waals surface area contributed by atoms with E-state index in [1.807, 2.05) is 6.20 Å². The first-order valence-corrected chi connectivity index (χ1v) is 7.62. The fourth-order valence-electron chi connectivity index (χ4n) is 1.92. The van der Waals surface area contributed by atoms with Crippen LogP contribution in [0.25, 0.3) is 0 Å². The van der Waals surface area contributed by atoms with E-state index in [2.05, 4.69) is 73.9 Å². The van der Waals surface area contributed by atoms with E-state index in [1.54, 1.807) is 0 Å². The topological polar surface area (TPSA) is 44.3 Å². The van der Waals surface area contributed by atoms with Crippen LogP contribution in [0.4, 0.5) is 5.95 Å². The van der Waals surface area contributed by atoms with Crippen molar-refractivity contribution >= 4 is 5.95 Å². The van der Waals surface area contributed by atoms with Gasteiger partial charge in [-0.25, -0.2) is 9.97 Å². The minimum atomic E-state index is 0.105. The standard InChI is InChI=1S/C16H31N5/c1-13-14(12-18-16(2,3)4)11-17-15(19-13)21(7)10-8-9-20(5)6/h11,18H,8-10,12H2,1-7H3. The molecule has 0 bridgehead atoms. The van der Waals surface area contributed by atoms with Gasteiger partial charge in [0.25, 0.3) is 0 Å². The van der Waals surface area contributed by atoms with Crippen molar-refractivity contribution in [3.63, 3.8) is 0 Å². The van der Waals surface area contributed by atoms with Crippen molar-refractivity contribution in [3.05, 3.63) is 17.5 Å². The zero-order valence-corrected chi connectivity index (χ0v) is 14.7. The smallest absolute Gasteiger partial charge is 0.225 e. The van der Waals surface area contributed by atoms with Crippen molar-refractivity contribution in [1.29, 1.82) is 0 Å². The highest BCUT2D eigenvalue weighted by molar-refractivity contribution is 5.31. The number of aromatic nitrogens is 2. The molecule has 1 aromatic heterocycles. The highest BCUT2D eigenvalue weighted by Crippen LogP contribution is 2.11. The van der Waals surface area contributed by atoms with Gasteiger partial charge < -0.3 is 15.1 Å². The van der Waals surface area contributed by atoms with Crippen LogP contribution in [0, 0.1) is 6.92 Å². The Labute approximate surface area is 129 Å². The molecule has 1 rings (SSSR count). The predicted octanol–water partition coefficient (Wildman–Crippen LogP) is 2.06. The van der Waals surface area contributed by atoms with Crippen LogP contribution in [-0.4, -0.2) is 54.6 Å². The van der Waals surface area contributed by atoms with Gasteiger partial charge in [0.2, 0.25) is 5.95 Å². The molecule has 1 heterocycles. The van der Waals surface area contributed by atoms with Crippen molar-refractivity contribution in [2.45, 2.75) is 46.2 Å². The summed E-state index contributed by atoms with van der Waals surface area (Å²) in [5.74, 6) is 0.811. The molecule has 0 aliphatic rings. The summed E-state index contributed by atoms with van der Waals surface area (Å²) < 4.78 is 0. The van der Waals surface area contributed by atoms with Crippen molar-refractivity contribution in [2.75, 3.05) is 39.1 Å². The molecular weight excluding hydrogens is 262 g/mol. The second kappa shape index (κ2) is 7.71. The van der Waals surface area contributed by atoms with Crippen molar-refractivity contribution in [3.8, 4) is 0 Å². The Morgan fingerprint density at radius 2 is 1.81 bits per heavy atom. The molecule has 1 N–H and O–H groups in total. The number of nitrogens with zero attached hydrogens (tertiary/aromatic N) is 4. The van der Waals surface area contributed by atoms with E-state index in [0.717, 1.165) is 43.3 Å². The lowest BCUT2D eigenvalue weighted by atomic mass is 10.1. The molecule has 0 atom stereocenters. The molecule has 1 aromatic rings. The second-order valence-corrected chi connectivity index (χ2v) is 6.96. The summed E-state index contributed by atoms with van der Waals surface area (Å²) in [5.41, 5.74) is 2.32. The molecule has 0 amide bonds. The summed E-state index contributed by atoms with van der Waals surface area (Å²) in [6.07, 6.45) is 3.05. The van der Waals surface area contributed by atoms with Crippen LogP contribution in [0.2, 0.25) is 0 Å². The van der Waals surface area contributed by atoms with Gasteiger partial charge in [0.05, 0.1) is 0 Å². The third kappa shape index (κ3) is 6.87. The Bertz CT molecular complexity index is 437. The lowest BCUT2D eigenvalue weighted by Gasteiger charge is -2.22. The van der Waals surface area contributed by atoms with Gasteiger partial charge in [-0.2, -0.15) is 0 Å². The van der Waals surface area contributed by atoms with E-state index in [4.69, 9.17) is 0 Å². The molecule has 0 saturated carbocycles. The van der Waals surface area contributed by atoms with Crippen LogP contribution in [0.15, 0.2) is 6.20 Å². The first-order chi connectivity index (χ1) is 9.69. The van der Waals surface area contributed by atoms with Crippen molar-refractivity contribution in [2.24, 2.45) is 0 Å². The maximum absolute atomic E-state index is 4.63. The highest BCUT2D eigenvalue weighted by atomic mass is 15.2. The molecule has 120 valence electrons. The summed E-state index contributed by atoms with van der Waals surface area (Å²) in [6.45, 7) is 11.4. The van der Waals surface area contributed by atoms with Crippen LogP contribution in [0.1, 0.15) is 38.4 Å². The van der Waals surface area contributed by atoms with Gasteiger partial charge in [-0.05, 0) is 54.8 Å². The molecular formula is C16H31N5. The van der Waals surface area contributed by atoms with Crippen LogP contribution in [-0.2, 0) is 6.54 Å². The number of aryl methyl sites for hydroxylation is 1. The molecule has 0 fully saturated rings. The highest BCUT2D eigenvalue weighted by Gasteiger charge is 2.11. The fraction of sp³-hybridized carbons (Fsp3) is 0.750. The summed E-state index contributed by atoms with van der Waals surface area (Å²) >= 11 is 0. The SMILES string of the molecule is Cc1nc(N(C)CCCN(C)C)ncc1CNC(C)(C)C. The minimum Gasteiger partial charge on any atom is -0.344 e. The first kappa shape index (κ1) is 17.9. The third-order valence-corrected chi connectivity index (χ3v) is 3.32. The molecule has 0 saturated heterocycles. The monoisotopic (exact) mass is 293 g/mol. The number of hydrogen-bond donors (Lipinski definition) is 1. The Kier molecular flexibility index (Phi) is 6.55. The average molecular weight is 293 g/mol. The van der Waals surface area contributed by atoms with E-state index >= 15 is 0 Å². The van der Waals surface area contributed by atoms with Crippen molar-refractivity contribution in [1.82, 2.24) is 20.2 Å². The maximum Gasteiger partial charge on any atom is 0.225 e. The average Bonchev–Trinajstić information content (AvgIpc) is 2.35. The van der Waals surface area contributed by atoms with E-state index in [9.17, 15) is 0 Å². The Hall–Kier alpha value is -1.20. The zero-order valence-electron chi connectivity index (χ0n) is 14.7. The second-order valence-electron chi connectivity index (χ2n) is 6.96. The quantitative estimate of drug-likeness (QED) is 0.833. The van der Waals surface area contributed by atoms with Gasteiger partial charge in [-0.3, -0.25) is 0 Å². The van der Waals surface area contributed by atoms with Crippen LogP contribution in [0.5, 0.6) is 0 Å². The van der Waals surface area contributed by atoms with Crippen LogP contribution < -0.4 is 10.2 Å². The number of rotatable bonds is 7. The molecule has 0 radical (unpaired) electrons. The van der Waals surface area contributed by atoms with Gasteiger partial charge in [-0.15, -0.1) is 0 Å². The lowest BCUT2D eigenvalue weighted by molar-refractivity contribution is 0.401. The largest absolute Gasteiger partial charge is 0.344 e. The third-order valence-electron chi connectivity index (χ3n) is 3.32. The molecule has 0 aliphatic carbocycles. The molecule has 5 heteroatoms. The predicted molar refractivity (Wildman–Crippen MR) is 89.8 cm³/mol. The Balaban J connectivity index is 2.60. The van der Waals surface area contributed by atoms with Crippen LogP contribution >= 0.6 is 0 Å². The van der Waals surface area contributed by atoms with Gasteiger partial charge in [-0.1, -0.05) is 0 Å². The van der Waals surface area contributed by atoms with E-state index in [-0.39, 0.29) is 5.54 Å². The van der Waals surface area contributed by atoms with Gasteiger partial charge in [0.1, 0.15) is 0 Å². The molecule has 0 aliphatic heterocycles.